The first kappa shape index (κ1) is 13.7. The zero-order valence-electron chi connectivity index (χ0n) is 10.6. The molecule has 1 aromatic heterocycles. The molecular weight excluding hydrogens is 220 g/mol. The zero-order valence-corrected chi connectivity index (χ0v) is 10.6. The number of hydrogen-bond acceptors (Lipinski definition) is 3. The molecule has 0 spiro atoms. The van der Waals surface area contributed by atoms with Crippen molar-refractivity contribution in [2.45, 2.75) is 45.8 Å². The summed E-state index contributed by atoms with van der Waals surface area (Å²) in [6.45, 7) is 3.85. The number of rotatable bonds is 5. The number of aryl methyl sites for hydroxylation is 2. The van der Waals surface area contributed by atoms with Crippen LogP contribution in [-0.4, -0.2) is 20.3 Å². The van der Waals surface area contributed by atoms with Gasteiger partial charge in [0.2, 0.25) is 0 Å². The average molecular weight is 240 g/mol. The fourth-order valence-electron chi connectivity index (χ4n) is 1.80. The van der Waals surface area contributed by atoms with Crippen molar-refractivity contribution in [2.24, 2.45) is 7.05 Å². The summed E-state index contributed by atoms with van der Waals surface area (Å²) in [4.78, 5) is 23.5. The predicted octanol–water partition coefficient (Wildman–Crippen LogP) is 0.407. The minimum absolute atomic E-state index is 0.217. The van der Waals surface area contributed by atoms with E-state index in [0.717, 1.165) is 12.8 Å². The van der Waals surface area contributed by atoms with Gasteiger partial charge >= 0.3 is 5.69 Å². The van der Waals surface area contributed by atoms with Crippen LogP contribution in [0.15, 0.2) is 15.8 Å². The quantitative estimate of drug-likeness (QED) is 0.758. The highest BCUT2D eigenvalue weighted by Gasteiger charge is 2.06. The van der Waals surface area contributed by atoms with Gasteiger partial charge < -0.3 is 9.67 Å². The maximum absolute atomic E-state index is 11.8. The molecule has 5 heteroatoms. The Kier molecular flexibility index (Phi) is 4.69. The van der Waals surface area contributed by atoms with Crippen LogP contribution in [-0.2, 0) is 13.6 Å². The van der Waals surface area contributed by atoms with E-state index < -0.39 is 0 Å². The number of hydrogen-bond donors (Lipinski definition) is 1. The second kappa shape index (κ2) is 5.82. The molecule has 0 aliphatic carbocycles. The van der Waals surface area contributed by atoms with Gasteiger partial charge in [0, 0.05) is 25.4 Å². The highest BCUT2D eigenvalue weighted by molar-refractivity contribution is 5.02. The van der Waals surface area contributed by atoms with Gasteiger partial charge in [-0.05, 0) is 33.1 Å². The Balaban J connectivity index is 2.78. The summed E-state index contributed by atoms with van der Waals surface area (Å²) in [5.74, 6) is 0. The molecule has 0 fully saturated rings. The molecule has 1 unspecified atom stereocenters. The monoisotopic (exact) mass is 240 g/mol. The van der Waals surface area contributed by atoms with Crippen LogP contribution in [0.5, 0.6) is 0 Å². The molecule has 1 atom stereocenters. The van der Waals surface area contributed by atoms with Gasteiger partial charge in [-0.15, -0.1) is 0 Å². The lowest BCUT2D eigenvalue weighted by atomic mass is 10.2. The van der Waals surface area contributed by atoms with Crippen molar-refractivity contribution in [3.05, 3.63) is 32.6 Å². The van der Waals surface area contributed by atoms with E-state index in [1.807, 2.05) is 0 Å². The Hall–Kier alpha value is -1.36. The second-order valence-electron chi connectivity index (χ2n) is 4.51. The van der Waals surface area contributed by atoms with E-state index in [9.17, 15) is 9.59 Å². The van der Waals surface area contributed by atoms with Gasteiger partial charge in [0.05, 0.1) is 6.10 Å². The minimum Gasteiger partial charge on any atom is -0.393 e. The van der Waals surface area contributed by atoms with Crippen molar-refractivity contribution >= 4 is 0 Å². The van der Waals surface area contributed by atoms with Crippen molar-refractivity contribution in [3.8, 4) is 0 Å². The summed E-state index contributed by atoms with van der Waals surface area (Å²) in [7, 11) is 1.64. The lowest BCUT2D eigenvalue weighted by Gasteiger charge is -2.08. The summed E-state index contributed by atoms with van der Waals surface area (Å²) in [5.41, 5.74) is 0.0745. The number of aliphatic hydroxyl groups is 1. The smallest absolute Gasteiger partial charge is 0.330 e. The molecule has 0 aliphatic heterocycles. The maximum Gasteiger partial charge on any atom is 0.330 e. The molecule has 96 valence electrons. The molecular formula is C12H20N2O3. The van der Waals surface area contributed by atoms with Crippen molar-refractivity contribution in [1.29, 1.82) is 0 Å². The van der Waals surface area contributed by atoms with Crippen molar-refractivity contribution in [3.63, 3.8) is 0 Å². The first-order chi connectivity index (χ1) is 7.93. The third-order valence-corrected chi connectivity index (χ3v) is 2.76. The minimum atomic E-state index is -0.327. The zero-order chi connectivity index (χ0) is 13.0. The molecule has 0 radical (unpaired) electrons. The van der Waals surface area contributed by atoms with E-state index in [1.165, 1.54) is 9.13 Å². The lowest BCUT2D eigenvalue weighted by Crippen LogP contribution is -2.39. The van der Waals surface area contributed by atoms with Crippen LogP contribution in [0.25, 0.3) is 0 Å². The highest BCUT2D eigenvalue weighted by Crippen LogP contribution is 2.00. The van der Waals surface area contributed by atoms with Crippen LogP contribution in [0.3, 0.4) is 0 Å². The van der Waals surface area contributed by atoms with E-state index in [1.54, 1.807) is 27.1 Å². The molecule has 1 heterocycles. The molecule has 0 saturated carbocycles. The van der Waals surface area contributed by atoms with Gasteiger partial charge in [-0.3, -0.25) is 9.36 Å². The standard InChI is InChI=1S/C12H20N2O3/c1-9-8-13(3)12(17)14(11(9)16)7-5-4-6-10(2)15/h8,10,15H,4-7H2,1-3H3. The summed E-state index contributed by atoms with van der Waals surface area (Å²) >= 11 is 0. The van der Waals surface area contributed by atoms with E-state index in [-0.39, 0.29) is 17.4 Å². The van der Waals surface area contributed by atoms with Crippen molar-refractivity contribution in [1.82, 2.24) is 9.13 Å². The summed E-state index contributed by atoms with van der Waals surface area (Å²) in [5, 5.41) is 9.11. The van der Waals surface area contributed by atoms with Crippen LogP contribution in [0.2, 0.25) is 0 Å². The molecule has 0 amide bonds. The Labute approximate surface area is 100 Å². The van der Waals surface area contributed by atoms with Gasteiger partial charge in [0.1, 0.15) is 0 Å². The van der Waals surface area contributed by atoms with Gasteiger partial charge in [-0.1, -0.05) is 0 Å². The van der Waals surface area contributed by atoms with E-state index in [4.69, 9.17) is 5.11 Å². The Bertz CT molecular complexity index is 451. The van der Waals surface area contributed by atoms with Crippen LogP contribution in [0, 0.1) is 6.92 Å². The average Bonchev–Trinajstić information content (AvgIpc) is 2.25. The van der Waals surface area contributed by atoms with E-state index in [2.05, 4.69) is 0 Å². The normalized spacial score (nSPS) is 12.7. The fourth-order valence-corrected chi connectivity index (χ4v) is 1.80. The molecule has 1 rings (SSSR count). The molecule has 0 bridgehead atoms. The van der Waals surface area contributed by atoms with E-state index in [0.29, 0.717) is 18.5 Å². The molecule has 0 aromatic carbocycles. The fraction of sp³-hybridized carbons (Fsp3) is 0.667. The predicted molar refractivity (Wildman–Crippen MR) is 66.2 cm³/mol. The van der Waals surface area contributed by atoms with Gasteiger partial charge in [-0.25, -0.2) is 4.79 Å². The number of nitrogens with zero attached hydrogens (tertiary/aromatic N) is 2. The number of unbranched alkanes of at least 4 members (excludes halogenated alkanes) is 1. The second-order valence-corrected chi connectivity index (χ2v) is 4.51. The van der Waals surface area contributed by atoms with Crippen LogP contribution in [0.1, 0.15) is 31.7 Å². The molecule has 1 N–H and O–H groups in total. The lowest BCUT2D eigenvalue weighted by molar-refractivity contribution is 0.180. The third-order valence-electron chi connectivity index (χ3n) is 2.76. The maximum atomic E-state index is 11.8. The van der Waals surface area contributed by atoms with Gasteiger partial charge in [0.15, 0.2) is 0 Å². The van der Waals surface area contributed by atoms with E-state index >= 15 is 0 Å². The van der Waals surface area contributed by atoms with Crippen molar-refractivity contribution in [2.75, 3.05) is 0 Å². The third kappa shape index (κ3) is 3.56. The molecule has 0 saturated heterocycles. The SMILES string of the molecule is Cc1cn(C)c(=O)n(CCCCC(C)O)c1=O. The summed E-state index contributed by atoms with van der Waals surface area (Å²) in [6.07, 6.45) is 3.45. The topological polar surface area (TPSA) is 64.2 Å². The van der Waals surface area contributed by atoms with Crippen LogP contribution >= 0.6 is 0 Å². The first-order valence-corrected chi connectivity index (χ1v) is 5.88. The summed E-state index contributed by atoms with van der Waals surface area (Å²) in [6, 6.07) is 0. The van der Waals surface area contributed by atoms with Gasteiger partial charge in [-0.2, -0.15) is 0 Å². The Morgan fingerprint density at radius 3 is 2.59 bits per heavy atom. The molecule has 0 aliphatic rings. The van der Waals surface area contributed by atoms with Crippen LogP contribution < -0.4 is 11.2 Å². The molecule has 1 aromatic rings. The van der Waals surface area contributed by atoms with Gasteiger partial charge in [0.25, 0.3) is 5.56 Å². The number of aliphatic hydroxyl groups excluding tert-OH is 1. The Morgan fingerprint density at radius 1 is 1.35 bits per heavy atom. The number of aromatic nitrogens is 2. The first-order valence-electron chi connectivity index (χ1n) is 5.88. The molecule has 5 nitrogen and oxygen atoms in total. The van der Waals surface area contributed by atoms with Crippen LogP contribution in [0.4, 0.5) is 0 Å². The Morgan fingerprint density at radius 2 is 2.00 bits per heavy atom. The highest BCUT2D eigenvalue weighted by atomic mass is 16.3. The molecule has 17 heavy (non-hydrogen) atoms. The van der Waals surface area contributed by atoms with Crippen molar-refractivity contribution < 1.29 is 5.11 Å². The summed E-state index contributed by atoms with van der Waals surface area (Å²) < 4.78 is 2.68. The largest absolute Gasteiger partial charge is 0.393 e.